The van der Waals surface area contributed by atoms with Crippen molar-refractivity contribution in [3.8, 4) is 0 Å². The minimum atomic E-state index is -0.396. The molecule has 2 N–H and O–H groups in total. The molecular formula is C17H23ClN4O4. The Morgan fingerprint density at radius 2 is 2.04 bits per heavy atom. The standard InChI is InChI=1S/C17H23ClN4O4/c1-8(2)19-17(24)14-13-16(26-21-14)12(18)15(11(7-23)20-13)22-5-9(3)25-10(4)6-22/h8-10,23H,5-7H2,1-4H3,(H,19,24)/t9-,10+. The summed E-state index contributed by atoms with van der Waals surface area (Å²) < 4.78 is 11.1. The van der Waals surface area contributed by atoms with Crippen LogP contribution in [-0.4, -0.2) is 52.5 Å². The molecule has 1 aliphatic heterocycles. The Kier molecular flexibility index (Phi) is 5.36. The van der Waals surface area contributed by atoms with Crippen LogP contribution in [-0.2, 0) is 11.3 Å². The Morgan fingerprint density at radius 1 is 1.38 bits per heavy atom. The lowest BCUT2D eigenvalue weighted by Gasteiger charge is -2.37. The number of pyridine rings is 1. The molecule has 1 aliphatic rings. The van der Waals surface area contributed by atoms with E-state index in [1.54, 1.807) is 0 Å². The lowest BCUT2D eigenvalue weighted by molar-refractivity contribution is -0.00533. The van der Waals surface area contributed by atoms with E-state index < -0.39 is 5.91 Å². The zero-order chi connectivity index (χ0) is 19.0. The third-order valence-corrected chi connectivity index (χ3v) is 4.47. The molecular weight excluding hydrogens is 360 g/mol. The van der Waals surface area contributed by atoms with Gasteiger partial charge < -0.3 is 24.6 Å². The molecule has 2 atom stereocenters. The van der Waals surface area contributed by atoms with Crippen molar-refractivity contribution in [3.05, 3.63) is 16.4 Å². The smallest absolute Gasteiger partial charge is 0.275 e. The fraction of sp³-hybridized carbons (Fsp3) is 0.588. The maximum atomic E-state index is 12.3. The van der Waals surface area contributed by atoms with E-state index in [2.05, 4.69) is 15.5 Å². The van der Waals surface area contributed by atoms with Gasteiger partial charge in [0.1, 0.15) is 10.5 Å². The van der Waals surface area contributed by atoms with E-state index >= 15 is 0 Å². The van der Waals surface area contributed by atoms with Gasteiger partial charge in [0.2, 0.25) is 5.58 Å². The maximum absolute atomic E-state index is 12.3. The van der Waals surface area contributed by atoms with Crippen molar-refractivity contribution in [2.75, 3.05) is 18.0 Å². The van der Waals surface area contributed by atoms with E-state index in [-0.39, 0.29) is 46.7 Å². The van der Waals surface area contributed by atoms with Crippen LogP contribution >= 0.6 is 11.6 Å². The van der Waals surface area contributed by atoms with Gasteiger partial charge in [0, 0.05) is 19.1 Å². The highest BCUT2D eigenvalue weighted by molar-refractivity contribution is 6.37. The minimum absolute atomic E-state index is 0.0131. The average Bonchev–Trinajstić information content (AvgIpc) is 2.97. The normalized spacial score (nSPS) is 20.8. The Balaban J connectivity index is 2.09. The van der Waals surface area contributed by atoms with Crippen molar-refractivity contribution >= 4 is 34.3 Å². The zero-order valence-corrected chi connectivity index (χ0v) is 16.0. The van der Waals surface area contributed by atoms with Gasteiger partial charge in [0.05, 0.1) is 30.2 Å². The van der Waals surface area contributed by atoms with Crippen LogP contribution in [0.1, 0.15) is 43.9 Å². The third-order valence-electron chi connectivity index (χ3n) is 4.12. The number of aliphatic hydroxyl groups excluding tert-OH is 1. The molecule has 8 nitrogen and oxygen atoms in total. The van der Waals surface area contributed by atoms with Crippen LogP contribution < -0.4 is 10.2 Å². The number of nitrogens with zero attached hydrogens (tertiary/aromatic N) is 3. The number of aliphatic hydroxyl groups is 1. The van der Waals surface area contributed by atoms with Gasteiger partial charge in [-0.1, -0.05) is 16.8 Å². The van der Waals surface area contributed by atoms with Gasteiger partial charge in [-0.3, -0.25) is 4.79 Å². The van der Waals surface area contributed by atoms with Crippen molar-refractivity contribution in [2.24, 2.45) is 0 Å². The number of anilines is 1. The third kappa shape index (κ3) is 3.49. The Bertz CT molecular complexity index is 813. The van der Waals surface area contributed by atoms with Crippen LogP contribution in [0.4, 0.5) is 5.69 Å². The molecule has 1 amide bonds. The summed E-state index contributed by atoms with van der Waals surface area (Å²) in [6, 6.07) is -0.0577. The number of fused-ring (bicyclic) bond motifs is 1. The van der Waals surface area contributed by atoms with Gasteiger partial charge in [0.25, 0.3) is 5.91 Å². The minimum Gasteiger partial charge on any atom is -0.390 e. The predicted molar refractivity (Wildman–Crippen MR) is 97.6 cm³/mol. The molecule has 0 saturated carbocycles. The first-order chi connectivity index (χ1) is 12.3. The molecule has 3 rings (SSSR count). The van der Waals surface area contributed by atoms with E-state index in [0.717, 1.165) is 0 Å². The van der Waals surface area contributed by atoms with E-state index in [0.29, 0.717) is 24.5 Å². The van der Waals surface area contributed by atoms with Crippen LogP contribution in [0.2, 0.25) is 5.02 Å². The largest absolute Gasteiger partial charge is 0.390 e. The fourth-order valence-corrected chi connectivity index (χ4v) is 3.58. The van der Waals surface area contributed by atoms with Crippen LogP contribution in [0.5, 0.6) is 0 Å². The van der Waals surface area contributed by atoms with Crippen LogP contribution in [0.3, 0.4) is 0 Å². The monoisotopic (exact) mass is 382 g/mol. The van der Waals surface area contributed by atoms with Crippen LogP contribution in [0.25, 0.3) is 11.1 Å². The molecule has 0 aliphatic carbocycles. The number of aromatic nitrogens is 2. The number of morpholine rings is 1. The maximum Gasteiger partial charge on any atom is 0.275 e. The summed E-state index contributed by atoms with van der Waals surface area (Å²) in [5.74, 6) is -0.396. The molecule has 0 aromatic carbocycles. The number of rotatable bonds is 4. The second kappa shape index (κ2) is 7.38. The van der Waals surface area contributed by atoms with Crippen molar-refractivity contribution in [1.82, 2.24) is 15.5 Å². The quantitative estimate of drug-likeness (QED) is 0.835. The van der Waals surface area contributed by atoms with Gasteiger partial charge in [-0.05, 0) is 27.7 Å². The number of carbonyl (C=O) groups excluding carboxylic acids is 1. The molecule has 0 unspecified atom stereocenters. The first-order valence-electron chi connectivity index (χ1n) is 8.61. The first-order valence-corrected chi connectivity index (χ1v) is 8.99. The molecule has 142 valence electrons. The van der Waals surface area contributed by atoms with Crippen LogP contribution in [0.15, 0.2) is 4.52 Å². The number of amides is 1. The second-order valence-corrected chi connectivity index (χ2v) is 7.26. The molecule has 1 fully saturated rings. The second-order valence-electron chi connectivity index (χ2n) is 6.88. The zero-order valence-electron chi connectivity index (χ0n) is 15.2. The fourth-order valence-electron chi connectivity index (χ4n) is 3.23. The highest BCUT2D eigenvalue weighted by atomic mass is 35.5. The average molecular weight is 383 g/mol. The summed E-state index contributed by atoms with van der Waals surface area (Å²) in [5, 5.41) is 16.7. The number of ether oxygens (including phenoxy) is 1. The Morgan fingerprint density at radius 3 is 2.62 bits per heavy atom. The number of hydrogen-bond acceptors (Lipinski definition) is 7. The summed E-state index contributed by atoms with van der Waals surface area (Å²) in [6.45, 7) is 8.55. The summed E-state index contributed by atoms with van der Waals surface area (Å²) in [7, 11) is 0. The Labute approximate surface area is 156 Å². The van der Waals surface area contributed by atoms with Gasteiger partial charge >= 0.3 is 0 Å². The lowest BCUT2D eigenvalue weighted by Crippen LogP contribution is -2.46. The lowest BCUT2D eigenvalue weighted by atomic mass is 10.1. The van der Waals surface area contributed by atoms with Gasteiger partial charge in [0.15, 0.2) is 5.69 Å². The van der Waals surface area contributed by atoms with E-state index in [1.807, 2.05) is 32.6 Å². The molecule has 9 heteroatoms. The van der Waals surface area contributed by atoms with Gasteiger partial charge in [-0.2, -0.15) is 0 Å². The summed E-state index contributed by atoms with van der Waals surface area (Å²) in [5.41, 5.74) is 1.51. The number of halogens is 1. The first kappa shape index (κ1) is 18.9. The Hall–Kier alpha value is -1.90. The SMILES string of the molecule is CC(C)NC(=O)c1noc2c(Cl)c(N3C[C@@H](C)O[C@@H](C)C3)c(CO)nc12. The summed E-state index contributed by atoms with van der Waals surface area (Å²) >= 11 is 6.58. The molecule has 26 heavy (non-hydrogen) atoms. The summed E-state index contributed by atoms with van der Waals surface area (Å²) in [6.07, 6.45) is 0.0262. The van der Waals surface area contributed by atoms with Crippen LogP contribution in [0, 0.1) is 0 Å². The molecule has 0 bridgehead atoms. The number of hydrogen-bond donors (Lipinski definition) is 2. The van der Waals surface area contributed by atoms with E-state index in [4.69, 9.17) is 20.9 Å². The predicted octanol–water partition coefficient (Wildman–Crippen LogP) is 2.12. The van der Waals surface area contributed by atoms with Crippen molar-refractivity contribution < 1.29 is 19.2 Å². The van der Waals surface area contributed by atoms with E-state index in [9.17, 15) is 9.90 Å². The molecule has 2 aromatic heterocycles. The number of carbonyl (C=O) groups is 1. The molecule has 2 aromatic rings. The molecule has 3 heterocycles. The topological polar surface area (TPSA) is 101 Å². The van der Waals surface area contributed by atoms with Gasteiger partial charge in [-0.15, -0.1) is 0 Å². The van der Waals surface area contributed by atoms with Gasteiger partial charge in [-0.25, -0.2) is 4.98 Å². The van der Waals surface area contributed by atoms with Crippen molar-refractivity contribution in [3.63, 3.8) is 0 Å². The highest BCUT2D eigenvalue weighted by Gasteiger charge is 2.30. The molecule has 0 radical (unpaired) electrons. The van der Waals surface area contributed by atoms with Crippen molar-refractivity contribution in [2.45, 2.75) is 52.6 Å². The molecule has 0 spiro atoms. The highest BCUT2D eigenvalue weighted by Crippen LogP contribution is 2.37. The van der Waals surface area contributed by atoms with E-state index in [1.165, 1.54) is 0 Å². The summed E-state index contributed by atoms with van der Waals surface area (Å²) in [4.78, 5) is 18.8. The van der Waals surface area contributed by atoms with Crippen molar-refractivity contribution in [1.29, 1.82) is 0 Å². The number of nitrogens with one attached hydrogen (secondary N) is 1. The molecule has 1 saturated heterocycles.